The van der Waals surface area contributed by atoms with Crippen LogP contribution in [0.25, 0.3) is 0 Å². The fourth-order valence-electron chi connectivity index (χ4n) is 1.66. The average molecular weight is 413 g/mol. The van der Waals surface area contributed by atoms with Crippen molar-refractivity contribution in [1.29, 1.82) is 0 Å². The van der Waals surface area contributed by atoms with Crippen molar-refractivity contribution in [3.05, 3.63) is 48.0 Å². The fraction of sp³-hybridized carbons (Fsp3) is 0.0667. The second-order valence-electron chi connectivity index (χ2n) is 4.75. The number of hydrogen-bond donors (Lipinski definition) is 6. The number of nitrogens with one attached hydrogen (secondary N) is 1. The first-order chi connectivity index (χ1) is 11.5. The first-order valence-corrected chi connectivity index (χ1v) is 10.1. The number of hydrogen-bond acceptors (Lipinski definition) is 5. The van der Waals surface area contributed by atoms with E-state index in [4.69, 9.17) is 18.4 Å². The number of phenols is 2. The number of para-hydroxylation sites is 1. The van der Waals surface area contributed by atoms with Crippen LogP contribution in [0.5, 0.6) is 11.5 Å². The van der Waals surface area contributed by atoms with Gasteiger partial charge in [-0.3, -0.25) is 0 Å². The molecule has 25 heavy (non-hydrogen) atoms. The van der Waals surface area contributed by atoms with Crippen LogP contribution in [0, 0.1) is 0 Å². The minimum Gasteiger partial charge on any atom is -0.508 e. The van der Waals surface area contributed by atoms with Gasteiger partial charge in [0.25, 0.3) is 0 Å². The summed E-state index contributed by atoms with van der Waals surface area (Å²) in [4.78, 5) is 20.9. The van der Waals surface area contributed by atoms with Crippen molar-refractivity contribution in [2.45, 2.75) is 6.92 Å². The van der Waals surface area contributed by atoms with Crippen LogP contribution < -0.4 is 9.67 Å². The number of amides is 1. The van der Waals surface area contributed by atoms with Gasteiger partial charge in [0.15, 0.2) is 0 Å². The van der Waals surface area contributed by atoms with E-state index in [1.165, 1.54) is 43.3 Å². The van der Waals surface area contributed by atoms with Gasteiger partial charge in [0.05, 0.1) is 5.56 Å². The maximum atomic E-state index is 11.0. The number of carbonyl (C=O) groups excluding carboxylic acids is 1. The molecule has 10 heteroatoms. The fourth-order valence-corrected chi connectivity index (χ4v) is 3.08. The van der Waals surface area contributed by atoms with Crippen LogP contribution in [0.1, 0.15) is 17.3 Å². The van der Waals surface area contributed by atoms with E-state index >= 15 is 0 Å². The average Bonchev–Trinajstić information content (AvgIpc) is 2.49. The number of carbonyl (C=O) groups is 2. The molecular weight excluding hydrogens is 397 g/mol. The molecule has 0 fully saturated rings. The number of benzene rings is 2. The van der Waals surface area contributed by atoms with Crippen LogP contribution in [0.2, 0.25) is 0 Å². The number of carboxylic acids is 1. The molecule has 0 saturated carbocycles. The Bertz CT molecular complexity index is 813. The van der Waals surface area contributed by atoms with Gasteiger partial charge in [0.2, 0.25) is 0 Å². The zero-order valence-electron chi connectivity index (χ0n) is 12.9. The van der Waals surface area contributed by atoms with Crippen LogP contribution >= 0.6 is 0 Å². The van der Waals surface area contributed by atoms with Gasteiger partial charge in [-0.1, -0.05) is 0 Å². The molecule has 1 amide bonds. The Balaban J connectivity index is 0.000000271. The van der Waals surface area contributed by atoms with Crippen molar-refractivity contribution in [1.82, 2.24) is 0 Å². The molecule has 0 aliphatic rings. The molecule has 9 nitrogen and oxygen atoms in total. The molecular formula is C15H16AsNO8. The number of carboxylic acid groups (broad SMARTS) is 1. The molecule has 2 aromatic rings. The summed E-state index contributed by atoms with van der Waals surface area (Å²) in [6, 6.07) is 9.19. The van der Waals surface area contributed by atoms with Gasteiger partial charge >= 0.3 is 94.1 Å². The van der Waals surface area contributed by atoms with Gasteiger partial charge < -0.3 is 10.2 Å². The summed E-state index contributed by atoms with van der Waals surface area (Å²) in [6.45, 7) is 1.23. The minimum absolute atomic E-state index is 0.00951. The normalized spacial score (nSPS) is 10.4. The van der Waals surface area contributed by atoms with Crippen molar-refractivity contribution in [2.75, 3.05) is 5.32 Å². The second kappa shape index (κ2) is 8.38. The smallest absolute Gasteiger partial charge is 0.335 e. The van der Waals surface area contributed by atoms with E-state index in [1.807, 2.05) is 0 Å². The Hall–Kier alpha value is -2.74. The maximum Gasteiger partial charge on any atom is 0.335 e. The predicted octanol–water partition coefficient (Wildman–Crippen LogP) is 0.00200. The quantitative estimate of drug-likeness (QED) is 0.302. The first kappa shape index (κ1) is 20.3. The molecule has 0 aliphatic carbocycles. The van der Waals surface area contributed by atoms with Crippen molar-refractivity contribution in [3.8, 4) is 11.5 Å². The van der Waals surface area contributed by atoms with Crippen molar-refractivity contribution in [3.63, 3.8) is 0 Å². The Morgan fingerprint density at radius 2 is 1.56 bits per heavy atom. The molecule has 0 radical (unpaired) electrons. The molecule has 0 spiro atoms. The third kappa shape index (κ3) is 6.34. The summed E-state index contributed by atoms with van der Waals surface area (Å²) in [5, 5.41) is 28.9. The third-order valence-corrected chi connectivity index (χ3v) is 4.83. The summed E-state index contributed by atoms with van der Waals surface area (Å²) >= 11 is -5.15. The number of phenolic OH excluding ortho intramolecular Hbond substituents is 2. The summed E-state index contributed by atoms with van der Waals surface area (Å²) in [7, 11) is 0. The molecule has 0 atom stereocenters. The predicted molar refractivity (Wildman–Crippen MR) is 88.0 cm³/mol. The summed E-state index contributed by atoms with van der Waals surface area (Å²) in [5.74, 6) is -1.93. The minimum atomic E-state index is -5.15. The molecule has 2 rings (SSSR count). The monoisotopic (exact) mass is 413 g/mol. The molecule has 6 N–H and O–H groups in total. The van der Waals surface area contributed by atoms with E-state index in [9.17, 15) is 18.4 Å². The topological polar surface area (TPSA) is 164 Å². The molecule has 0 aromatic heterocycles. The van der Waals surface area contributed by atoms with Gasteiger partial charge in [-0.2, -0.15) is 0 Å². The van der Waals surface area contributed by atoms with Gasteiger partial charge in [-0.15, -0.1) is 0 Å². The third-order valence-electron chi connectivity index (χ3n) is 2.75. The Kier molecular flexibility index (Phi) is 6.81. The van der Waals surface area contributed by atoms with Crippen molar-refractivity contribution in [2.24, 2.45) is 0 Å². The molecule has 134 valence electrons. The van der Waals surface area contributed by atoms with E-state index in [2.05, 4.69) is 5.32 Å². The van der Waals surface area contributed by atoms with Crippen molar-refractivity contribution < 1.29 is 36.8 Å². The van der Waals surface area contributed by atoms with Crippen LogP contribution in [0.4, 0.5) is 5.69 Å². The van der Waals surface area contributed by atoms with E-state index in [0.29, 0.717) is 0 Å². The van der Waals surface area contributed by atoms with Gasteiger partial charge in [0, 0.05) is 0 Å². The van der Waals surface area contributed by atoms with E-state index in [1.54, 1.807) is 0 Å². The molecule has 2 aromatic carbocycles. The second-order valence-corrected chi connectivity index (χ2v) is 8.04. The molecule has 0 aliphatic heterocycles. The van der Waals surface area contributed by atoms with Gasteiger partial charge in [-0.25, -0.2) is 4.79 Å². The Labute approximate surface area is 145 Å². The zero-order chi connectivity index (χ0) is 19.2. The van der Waals surface area contributed by atoms with Crippen LogP contribution in [0.3, 0.4) is 0 Å². The number of rotatable bonds is 3. The molecule has 0 saturated heterocycles. The number of aromatic hydroxyl groups is 2. The first-order valence-electron chi connectivity index (χ1n) is 6.70. The van der Waals surface area contributed by atoms with Gasteiger partial charge in [0.1, 0.15) is 5.75 Å². The summed E-state index contributed by atoms with van der Waals surface area (Å²) in [6.07, 6.45) is 0. The standard InChI is InChI=1S/C8H10AsNO5.C7H6O3/c1-5(11)10-7-4-2-3-6(8(7)12)9(13,14)15;8-6-3-1-5(2-4-6)7(9)10/h2-4,12H,1H3,(H,10,11)(H2,13,14,15);1-4,8H,(H,9,10). The van der Waals surface area contributed by atoms with E-state index < -0.39 is 36.1 Å². The zero-order valence-corrected chi connectivity index (χ0v) is 14.8. The van der Waals surface area contributed by atoms with E-state index in [0.717, 1.165) is 6.07 Å². The number of aromatic carboxylic acids is 1. The molecule has 0 unspecified atom stereocenters. The Morgan fingerprint density at radius 3 is 2.00 bits per heavy atom. The van der Waals surface area contributed by atoms with Crippen LogP contribution in [-0.4, -0.2) is 49.6 Å². The molecule has 0 bridgehead atoms. The van der Waals surface area contributed by atoms with E-state index in [-0.39, 0.29) is 17.0 Å². The van der Waals surface area contributed by atoms with Crippen molar-refractivity contribution >= 4 is 36.1 Å². The van der Waals surface area contributed by atoms with Gasteiger partial charge in [-0.05, 0) is 24.3 Å². The Morgan fingerprint density at radius 1 is 1.00 bits per heavy atom. The SMILES string of the molecule is CC(=O)Nc1cccc([As](=O)(O)O)c1O.O=C(O)c1ccc(O)cc1. The summed E-state index contributed by atoms with van der Waals surface area (Å²) in [5.41, 5.74) is 0.169. The van der Waals surface area contributed by atoms with Crippen LogP contribution in [-0.2, 0) is 8.53 Å². The summed E-state index contributed by atoms with van der Waals surface area (Å²) < 4.78 is 28.4. The number of anilines is 1. The maximum absolute atomic E-state index is 11.0. The largest absolute Gasteiger partial charge is 0.508 e. The molecule has 0 heterocycles. The van der Waals surface area contributed by atoms with Crippen LogP contribution in [0.15, 0.2) is 42.5 Å².